The van der Waals surface area contributed by atoms with Crippen molar-refractivity contribution in [2.24, 2.45) is 0 Å². The van der Waals surface area contributed by atoms with E-state index in [4.69, 9.17) is 27.5 Å². The van der Waals surface area contributed by atoms with Gasteiger partial charge in [0, 0.05) is 23.9 Å². The second-order valence-corrected chi connectivity index (χ2v) is 5.10. The van der Waals surface area contributed by atoms with Gasteiger partial charge < -0.3 is 14.8 Å². The Morgan fingerprint density at radius 3 is 2.70 bits per heavy atom. The molecule has 0 unspecified atom stereocenters. The Kier molecular flexibility index (Phi) is 6.04. The highest BCUT2D eigenvalue weighted by Gasteiger charge is 2.13. The number of carbonyl (C=O) groups excluding carboxylic acids is 1. The Morgan fingerprint density at radius 2 is 2.04 bits per heavy atom. The zero-order chi connectivity index (χ0) is 16.7. The summed E-state index contributed by atoms with van der Waals surface area (Å²) in [5, 5.41) is 3.17. The lowest BCUT2D eigenvalue weighted by Crippen LogP contribution is -2.12. The molecule has 0 aliphatic rings. The number of hydrogen-bond acceptors (Lipinski definition) is 3. The van der Waals surface area contributed by atoms with E-state index >= 15 is 0 Å². The predicted molar refractivity (Wildman–Crippen MR) is 90.9 cm³/mol. The smallest absolute Gasteiger partial charge is 0.255 e. The number of ether oxygens (including phenoxy) is 2. The Balaban J connectivity index is 2.26. The summed E-state index contributed by atoms with van der Waals surface area (Å²) in [4.78, 5) is 12.2. The highest BCUT2D eigenvalue weighted by molar-refractivity contribution is 6.32. The molecule has 0 radical (unpaired) electrons. The van der Waals surface area contributed by atoms with E-state index in [1.165, 1.54) is 0 Å². The average Bonchev–Trinajstić information content (AvgIpc) is 2.55. The number of hydrogen-bond donors (Lipinski definition) is 1. The molecule has 0 atom stereocenters. The number of terminal acetylenes is 1. The quantitative estimate of drug-likeness (QED) is 0.821. The summed E-state index contributed by atoms with van der Waals surface area (Å²) >= 11 is 6.24. The topological polar surface area (TPSA) is 47.6 Å². The lowest BCUT2D eigenvalue weighted by Gasteiger charge is -2.14. The monoisotopic (exact) mass is 329 g/mol. The minimum atomic E-state index is -0.220. The summed E-state index contributed by atoms with van der Waals surface area (Å²) in [6.45, 7) is 0.390. The number of halogens is 1. The number of methoxy groups -OCH3 is 1. The van der Waals surface area contributed by atoms with Crippen molar-refractivity contribution in [2.75, 3.05) is 19.0 Å². The molecule has 0 bridgehead atoms. The molecule has 0 saturated heterocycles. The van der Waals surface area contributed by atoms with Gasteiger partial charge in [-0.05, 0) is 24.3 Å². The van der Waals surface area contributed by atoms with Crippen LogP contribution < -0.4 is 10.1 Å². The summed E-state index contributed by atoms with van der Waals surface area (Å²) in [6.07, 6.45) is 5.20. The third-order valence-electron chi connectivity index (χ3n) is 3.01. The maximum Gasteiger partial charge on any atom is 0.255 e. The molecular weight excluding hydrogens is 314 g/mol. The average molecular weight is 330 g/mol. The summed E-state index contributed by atoms with van der Waals surface area (Å²) in [7, 11) is 1.56. The van der Waals surface area contributed by atoms with Crippen LogP contribution in [-0.4, -0.2) is 19.6 Å². The lowest BCUT2D eigenvalue weighted by molar-refractivity contribution is 0.102. The third-order valence-corrected chi connectivity index (χ3v) is 3.29. The first-order valence-corrected chi connectivity index (χ1v) is 7.27. The van der Waals surface area contributed by atoms with Crippen LogP contribution in [0.25, 0.3) is 0 Å². The van der Waals surface area contributed by atoms with E-state index < -0.39 is 0 Å². The van der Waals surface area contributed by atoms with Gasteiger partial charge in [0.15, 0.2) is 0 Å². The van der Waals surface area contributed by atoms with E-state index in [-0.39, 0.29) is 19.1 Å². The van der Waals surface area contributed by atoms with Crippen molar-refractivity contribution in [1.29, 1.82) is 0 Å². The van der Waals surface area contributed by atoms with Crippen LogP contribution in [0.2, 0.25) is 5.02 Å². The van der Waals surface area contributed by atoms with Crippen LogP contribution in [0, 0.1) is 12.3 Å². The second kappa shape index (κ2) is 8.23. The van der Waals surface area contributed by atoms with Crippen molar-refractivity contribution in [1.82, 2.24) is 0 Å². The lowest BCUT2D eigenvalue weighted by atomic mass is 10.1. The molecular formula is C18H16ClNO3. The predicted octanol–water partition coefficient (Wildman–Crippen LogP) is 3.75. The zero-order valence-corrected chi connectivity index (χ0v) is 13.4. The fraction of sp³-hybridized carbons (Fsp3) is 0.167. The van der Waals surface area contributed by atoms with Gasteiger partial charge in [0.2, 0.25) is 0 Å². The van der Waals surface area contributed by atoms with Crippen LogP contribution in [0.3, 0.4) is 0 Å². The van der Waals surface area contributed by atoms with Crippen LogP contribution in [0.5, 0.6) is 5.75 Å². The first kappa shape index (κ1) is 16.9. The molecule has 0 heterocycles. The van der Waals surface area contributed by atoms with Gasteiger partial charge in [-0.15, -0.1) is 6.42 Å². The fourth-order valence-electron chi connectivity index (χ4n) is 2.05. The first-order valence-electron chi connectivity index (χ1n) is 6.89. The van der Waals surface area contributed by atoms with Crippen LogP contribution in [0.15, 0.2) is 42.5 Å². The standard InChI is InChI=1S/C18H16ClNO3/c1-3-9-23-17-14(12-22-2)10-15(11-16(17)19)20-18(21)13-7-5-4-6-8-13/h1,4-8,10-11H,9,12H2,2H3,(H,20,21). The number of amides is 1. The van der Waals surface area contributed by atoms with E-state index in [1.54, 1.807) is 43.5 Å². The summed E-state index contributed by atoms with van der Waals surface area (Å²) in [5.41, 5.74) is 1.83. The van der Waals surface area contributed by atoms with E-state index in [1.807, 2.05) is 6.07 Å². The van der Waals surface area contributed by atoms with Crippen LogP contribution in [0.1, 0.15) is 15.9 Å². The van der Waals surface area contributed by atoms with Gasteiger partial charge in [0.25, 0.3) is 5.91 Å². The maximum absolute atomic E-state index is 12.2. The molecule has 118 valence electrons. The number of benzene rings is 2. The van der Waals surface area contributed by atoms with Crippen LogP contribution in [0.4, 0.5) is 5.69 Å². The number of nitrogens with one attached hydrogen (secondary N) is 1. The molecule has 0 fully saturated rings. The SMILES string of the molecule is C#CCOc1c(Cl)cc(NC(=O)c2ccccc2)cc1COC. The normalized spacial score (nSPS) is 9.96. The van der Waals surface area contributed by atoms with Gasteiger partial charge in [-0.3, -0.25) is 4.79 Å². The molecule has 0 aliphatic heterocycles. The summed E-state index contributed by atoms with van der Waals surface area (Å²) in [6, 6.07) is 12.3. The van der Waals surface area contributed by atoms with Crippen LogP contribution >= 0.6 is 11.6 Å². The van der Waals surface area contributed by atoms with E-state index in [9.17, 15) is 4.79 Å². The first-order chi connectivity index (χ1) is 11.2. The molecule has 1 amide bonds. The van der Waals surface area contributed by atoms with Crippen molar-refractivity contribution in [2.45, 2.75) is 6.61 Å². The van der Waals surface area contributed by atoms with Gasteiger partial charge in [-0.2, -0.15) is 0 Å². The fourth-order valence-corrected chi connectivity index (χ4v) is 2.35. The molecule has 4 nitrogen and oxygen atoms in total. The number of carbonyl (C=O) groups is 1. The molecule has 5 heteroatoms. The molecule has 0 aliphatic carbocycles. The van der Waals surface area contributed by atoms with Crippen molar-refractivity contribution in [3.63, 3.8) is 0 Å². The molecule has 1 N–H and O–H groups in total. The minimum Gasteiger partial charge on any atom is -0.479 e. The van der Waals surface area contributed by atoms with Crippen LogP contribution in [-0.2, 0) is 11.3 Å². The Labute approximate surface area is 140 Å². The van der Waals surface area contributed by atoms with E-state index in [2.05, 4.69) is 11.2 Å². The van der Waals surface area contributed by atoms with Gasteiger partial charge in [0.05, 0.1) is 11.6 Å². The number of anilines is 1. The second-order valence-electron chi connectivity index (χ2n) is 4.69. The highest BCUT2D eigenvalue weighted by Crippen LogP contribution is 2.33. The molecule has 2 aromatic rings. The minimum absolute atomic E-state index is 0.103. The number of rotatable bonds is 6. The third kappa shape index (κ3) is 4.49. The van der Waals surface area contributed by atoms with E-state index in [0.717, 1.165) is 0 Å². The van der Waals surface area contributed by atoms with Gasteiger partial charge in [0.1, 0.15) is 12.4 Å². The Morgan fingerprint density at radius 1 is 1.30 bits per heavy atom. The van der Waals surface area contributed by atoms with Crippen molar-refractivity contribution < 1.29 is 14.3 Å². The summed E-state index contributed by atoms with van der Waals surface area (Å²) in [5.74, 6) is 2.63. The van der Waals surface area contributed by atoms with Gasteiger partial charge in [-0.25, -0.2) is 0 Å². The largest absolute Gasteiger partial charge is 0.479 e. The molecule has 0 saturated carbocycles. The highest BCUT2D eigenvalue weighted by atomic mass is 35.5. The Bertz CT molecular complexity index is 723. The molecule has 2 rings (SSSR count). The van der Waals surface area contributed by atoms with E-state index in [0.29, 0.717) is 27.6 Å². The molecule has 0 spiro atoms. The molecule has 2 aromatic carbocycles. The van der Waals surface area contributed by atoms with Crippen molar-refractivity contribution in [3.05, 3.63) is 58.6 Å². The Hall–Kier alpha value is -2.48. The molecule has 23 heavy (non-hydrogen) atoms. The van der Waals surface area contributed by atoms with Gasteiger partial charge in [-0.1, -0.05) is 35.7 Å². The van der Waals surface area contributed by atoms with Crippen molar-refractivity contribution in [3.8, 4) is 18.1 Å². The van der Waals surface area contributed by atoms with Gasteiger partial charge >= 0.3 is 0 Å². The zero-order valence-electron chi connectivity index (χ0n) is 12.6. The molecule has 0 aromatic heterocycles. The maximum atomic E-state index is 12.2. The summed E-state index contributed by atoms with van der Waals surface area (Å²) < 4.78 is 10.6. The van der Waals surface area contributed by atoms with Crippen molar-refractivity contribution >= 4 is 23.2 Å².